The fourth-order valence-electron chi connectivity index (χ4n) is 2.11. The second kappa shape index (κ2) is 6.25. The highest BCUT2D eigenvalue weighted by Crippen LogP contribution is 2.17. The second-order valence-corrected chi connectivity index (χ2v) is 4.88. The molecule has 1 aliphatic rings. The number of carbonyl (C=O) groups is 3. The number of benzene rings is 1. The number of rotatable bonds is 5. The molecular formula is C14H17N3O4. The first kappa shape index (κ1) is 14.8. The van der Waals surface area contributed by atoms with Gasteiger partial charge in [-0.05, 0) is 18.6 Å². The van der Waals surface area contributed by atoms with Crippen LogP contribution in [0.5, 0.6) is 0 Å². The lowest BCUT2D eigenvalue weighted by atomic mass is 10.1. The van der Waals surface area contributed by atoms with Crippen LogP contribution in [0, 0.1) is 0 Å². The summed E-state index contributed by atoms with van der Waals surface area (Å²) in [7, 11) is 1.64. The lowest BCUT2D eigenvalue weighted by Gasteiger charge is -2.10. The molecule has 3 amide bonds. The molecule has 21 heavy (non-hydrogen) atoms. The van der Waals surface area contributed by atoms with Crippen molar-refractivity contribution in [2.45, 2.75) is 18.9 Å². The van der Waals surface area contributed by atoms with E-state index in [1.807, 2.05) is 0 Å². The Balaban J connectivity index is 1.88. The summed E-state index contributed by atoms with van der Waals surface area (Å²) in [6, 6.07) is 6.53. The first-order chi connectivity index (χ1) is 9.97. The smallest absolute Gasteiger partial charge is 0.409 e. The molecule has 7 heteroatoms. The van der Waals surface area contributed by atoms with Crippen molar-refractivity contribution in [3.8, 4) is 0 Å². The highest BCUT2D eigenvalue weighted by molar-refractivity contribution is 6.02. The van der Waals surface area contributed by atoms with Crippen molar-refractivity contribution in [2.75, 3.05) is 18.9 Å². The van der Waals surface area contributed by atoms with E-state index in [4.69, 9.17) is 10.5 Å². The molecule has 1 saturated heterocycles. The number of nitrogens with one attached hydrogen (secondary N) is 1. The number of hydrogen-bond acceptors (Lipinski definition) is 4. The quantitative estimate of drug-likeness (QED) is 0.843. The molecule has 1 aliphatic heterocycles. The Morgan fingerprint density at radius 2 is 2.14 bits per heavy atom. The Bertz CT molecular complexity index is 573. The van der Waals surface area contributed by atoms with E-state index in [1.165, 1.54) is 4.90 Å². The molecule has 1 fully saturated rings. The monoisotopic (exact) mass is 291 g/mol. The van der Waals surface area contributed by atoms with Gasteiger partial charge in [-0.3, -0.25) is 9.59 Å². The minimum Gasteiger partial charge on any atom is -0.444 e. The first-order valence-electron chi connectivity index (χ1n) is 6.58. The molecule has 0 aliphatic carbocycles. The third-order valence-corrected chi connectivity index (χ3v) is 3.22. The van der Waals surface area contributed by atoms with E-state index in [2.05, 4.69) is 5.32 Å². The van der Waals surface area contributed by atoms with Crippen LogP contribution in [-0.4, -0.2) is 42.5 Å². The maximum Gasteiger partial charge on any atom is 0.409 e. The number of anilines is 1. The zero-order valence-electron chi connectivity index (χ0n) is 11.7. The zero-order chi connectivity index (χ0) is 15.4. The van der Waals surface area contributed by atoms with E-state index >= 15 is 0 Å². The summed E-state index contributed by atoms with van der Waals surface area (Å²) >= 11 is 0. The number of cyclic esters (lactones) is 1. The summed E-state index contributed by atoms with van der Waals surface area (Å²) in [5, 5.41) is 2.64. The SMILES string of the molecule is CN1CC(CCC(=O)Nc2ccccc2C(N)=O)OC1=O. The van der Waals surface area contributed by atoms with Crippen molar-refractivity contribution in [3.63, 3.8) is 0 Å². The van der Waals surface area contributed by atoms with Crippen molar-refractivity contribution in [1.82, 2.24) is 4.90 Å². The minimum atomic E-state index is -0.600. The van der Waals surface area contributed by atoms with Crippen LogP contribution in [0.3, 0.4) is 0 Å². The fourth-order valence-corrected chi connectivity index (χ4v) is 2.11. The van der Waals surface area contributed by atoms with Crippen LogP contribution < -0.4 is 11.1 Å². The molecule has 1 unspecified atom stereocenters. The topological polar surface area (TPSA) is 102 Å². The summed E-state index contributed by atoms with van der Waals surface area (Å²) in [6.07, 6.45) is -0.0291. The summed E-state index contributed by atoms with van der Waals surface area (Å²) in [4.78, 5) is 35.8. The summed E-state index contributed by atoms with van der Waals surface area (Å²) in [6.45, 7) is 0.476. The molecule has 3 N–H and O–H groups in total. The Hall–Kier alpha value is -2.57. The lowest BCUT2D eigenvalue weighted by Crippen LogP contribution is -2.21. The lowest BCUT2D eigenvalue weighted by molar-refractivity contribution is -0.116. The van der Waals surface area contributed by atoms with Gasteiger partial charge in [0.25, 0.3) is 5.91 Å². The van der Waals surface area contributed by atoms with Crippen molar-refractivity contribution in [2.24, 2.45) is 5.73 Å². The van der Waals surface area contributed by atoms with Gasteiger partial charge in [0.1, 0.15) is 6.10 Å². The number of amides is 3. The number of likely N-dealkylation sites (N-methyl/N-ethyl adjacent to an activating group) is 1. The van der Waals surface area contributed by atoms with Gasteiger partial charge < -0.3 is 20.7 Å². The van der Waals surface area contributed by atoms with Gasteiger partial charge in [0.2, 0.25) is 5.91 Å². The summed E-state index contributed by atoms with van der Waals surface area (Å²) in [5.74, 6) is -0.855. The molecule has 112 valence electrons. The van der Waals surface area contributed by atoms with Crippen molar-refractivity contribution < 1.29 is 19.1 Å². The molecule has 1 aromatic rings. The molecule has 0 radical (unpaired) electrons. The minimum absolute atomic E-state index is 0.193. The molecule has 0 spiro atoms. The molecule has 2 rings (SSSR count). The normalized spacial score (nSPS) is 17.5. The number of hydrogen-bond donors (Lipinski definition) is 2. The van der Waals surface area contributed by atoms with Crippen LogP contribution in [0.1, 0.15) is 23.2 Å². The van der Waals surface area contributed by atoms with Crippen LogP contribution >= 0.6 is 0 Å². The maximum absolute atomic E-state index is 11.9. The van der Waals surface area contributed by atoms with Crippen molar-refractivity contribution in [3.05, 3.63) is 29.8 Å². The van der Waals surface area contributed by atoms with Gasteiger partial charge in [-0.25, -0.2) is 4.79 Å². The molecule has 0 bridgehead atoms. The average Bonchev–Trinajstić information content (AvgIpc) is 2.76. The number of nitrogens with two attached hydrogens (primary N) is 1. The van der Waals surface area contributed by atoms with Crippen molar-refractivity contribution in [1.29, 1.82) is 0 Å². The third-order valence-electron chi connectivity index (χ3n) is 3.22. The highest BCUT2D eigenvalue weighted by Gasteiger charge is 2.28. The van der Waals surface area contributed by atoms with Gasteiger partial charge >= 0.3 is 6.09 Å². The Morgan fingerprint density at radius 3 is 2.76 bits per heavy atom. The van der Waals surface area contributed by atoms with E-state index in [0.717, 1.165) is 0 Å². The van der Waals surface area contributed by atoms with Crippen LogP contribution in [-0.2, 0) is 9.53 Å². The predicted molar refractivity (Wildman–Crippen MR) is 75.7 cm³/mol. The first-order valence-corrected chi connectivity index (χ1v) is 6.58. The van der Waals surface area contributed by atoms with Crippen LogP contribution in [0.4, 0.5) is 10.5 Å². The van der Waals surface area contributed by atoms with Gasteiger partial charge in [0.05, 0.1) is 17.8 Å². The van der Waals surface area contributed by atoms with Gasteiger partial charge in [0, 0.05) is 13.5 Å². The Labute approximate surface area is 122 Å². The van der Waals surface area contributed by atoms with E-state index in [1.54, 1.807) is 31.3 Å². The number of para-hydroxylation sites is 1. The molecule has 1 atom stereocenters. The number of nitrogens with zero attached hydrogens (tertiary/aromatic N) is 1. The van der Waals surface area contributed by atoms with Crippen LogP contribution in [0.15, 0.2) is 24.3 Å². The van der Waals surface area contributed by atoms with Crippen molar-refractivity contribution >= 4 is 23.6 Å². The average molecular weight is 291 g/mol. The predicted octanol–water partition coefficient (Wildman–Crippen LogP) is 0.955. The highest BCUT2D eigenvalue weighted by atomic mass is 16.6. The molecule has 0 aromatic heterocycles. The standard InChI is InChI=1S/C14H17N3O4/c1-17-8-9(21-14(17)20)6-7-12(18)16-11-5-3-2-4-10(11)13(15)19/h2-5,9H,6-8H2,1H3,(H2,15,19)(H,16,18). The number of ether oxygens (including phenoxy) is 1. The van der Waals surface area contributed by atoms with Gasteiger partial charge in [-0.1, -0.05) is 12.1 Å². The molecule has 0 saturated carbocycles. The summed E-state index contributed by atoms with van der Waals surface area (Å²) in [5.41, 5.74) is 5.89. The van der Waals surface area contributed by atoms with Crippen LogP contribution in [0.2, 0.25) is 0 Å². The largest absolute Gasteiger partial charge is 0.444 e. The number of carbonyl (C=O) groups excluding carboxylic acids is 3. The Kier molecular flexibility index (Phi) is 4.42. The van der Waals surface area contributed by atoms with E-state index < -0.39 is 5.91 Å². The fraction of sp³-hybridized carbons (Fsp3) is 0.357. The van der Waals surface area contributed by atoms with E-state index in [9.17, 15) is 14.4 Å². The molecule has 1 aromatic carbocycles. The van der Waals surface area contributed by atoms with Crippen LogP contribution in [0.25, 0.3) is 0 Å². The maximum atomic E-state index is 11.9. The second-order valence-electron chi connectivity index (χ2n) is 4.88. The summed E-state index contributed by atoms with van der Waals surface area (Å²) < 4.78 is 5.07. The van der Waals surface area contributed by atoms with Gasteiger partial charge in [0.15, 0.2) is 0 Å². The third kappa shape index (κ3) is 3.71. The van der Waals surface area contributed by atoms with E-state index in [-0.39, 0.29) is 30.1 Å². The number of primary amides is 1. The molecular weight excluding hydrogens is 274 g/mol. The van der Waals surface area contributed by atoms with Gasteiger partial charge in [-0.15, -0.1) is 0 Å². The zero-order valence-corrected chi connectivity index (χ0v) is 11.7. The Morgan fingerprint density at radius 1 is 1.43 bits per heavy atom. The van der Waals surface area contributed by atoms with Gasteiger partial charge in [-0.2, -0.15) is 0 Å². The van der Waals surface area contributed by atoms with E-state index in [0.29, 0.717) is 18.7 Å². The molecule has 1 heterocycles. The molecule has 7 nitrogen and oxygen atoms in total.